The number of rotatable bonds is 5. The Bertz CT molecular complexity index is 990. The van der Waals surface area contributed by atoms with Crippen LogP contribution >= 0.6 is 23.2 Å². The fourth-order valence-corrected chi connectivity index (χ4v) is 3.85. The Morgan fingerprint density at radius 1 is 1.17 bits per heavy atom. The number of carbonyl (C=O) groups excluding carboxylic acids is 2. The molecule has 2 aromatic rings. The van der Waals surface area contributed by atoms with Gasteiger partial charge < -0.3 is 20.4 Å². The Labute approximate surface area is 182 Å². The zero-order valence-electron chi connectivity index (χ0n) is 15.8. The highest BCUT2D eigenvalue weighted by atomic mass is 35.5. The van der Waals surface area contributed by atoms with Crippen LogP contribution in [0.3, 0.4) is 0 Å². The summed E-state index contributed by atoms with van der Waals surface area (Å²) >= 11 is 12.0. The number of aliphatic carboxylic acids is 1. The van der Waals surface area contributed by atoms with Gasteiger partial charge in [-0.15, -0.1) is 0 Å². The van der Waals surface area contributed by atoms with Gasteiger partial charge in [0, 0.05) is 24.3 Å². The number of aromatic hydroxyl groups is 1. The number of piperidine rings is 1. The third kappa shape index (κ3) is 5.01. The van der Waals surface area contributed by atoms with Gasteiger partial charge in [0.1, 0.15) is 12.3 Å². The third-order valence-corrected chi connectivity index (χ3v) is 5.47. The molecule has 1 aromatic carbocycles. The number of carboxylic acid groups (broad SMARTS) is 1. The predicted molar refractivity (Wildman–Crippen MR) is 110 cm³/mol. The molecule has 1 aliphatic heterocycles. The monoisotopic (exact) mass is 451 g/mol. The van der Waals surface area contributed by atoms with E-state index in [2.05, 4.69) is 10.3 Å². The molecule has 1 saturated heterocycles. The molecule has 3 N–H and O–H groups in total. The Balaban J connectivity index is 1.63. The minimum Gasteiger partial charge on any atom is -0.505 e. The smallest absolute Gasteiger partial charge is 0.322 e. The number of likely N-dealkylation sites (tertiary alicyclic amines) is 1. The molecule has 3 rings (SSSR count). The molecule has 30 heavy (non-hydrogen) atoms. The maximum absolute atomic E-state index is 12.7. The van der Waals surface area contributed by atoms with E-state index in [1.54, 1.807) is 17.0 Å². The molecule has 2 amide bonds. The molecule has 2 heterocycles. The number of pyridine rings is 1. The lowest BCUT2D eigenvalue weighted by atomic mass is 9.90. The molecule has 0 aliphatic carbocycles. The summed E-state index contributed by atoms with van der Waals surface area (Å²) in [5.74, 6) is -2.38. The molecule has 1 fully saturated rings. The average molecular weight is 452 g/mol. The molecule has 158 valence electrons. The number of hydrogen-bond acceptors (Lipinski definition) is 5. The van der Waals surface area contributed by atoms with Crippen LogP contribution in [-0.4, -0.2) is 57.5 Å². The molecule has 8 nitrogen and oxygen atoms in total. The van der Waals surface area contributed by atoms with Crippen molar-refractivity contribution in [3.05, 3.63) is 57.3 Å². The highest BCUT2D eigenvalue weighted by molar-refractivity contribution is 6.36. The summed E-state index contributed by atoms with van der Waals surface area (Å²) in [5.41, 5.74) is 0.916. The number of halogens is 2. The third-order valence-electron chi connectivity index (χ3n) is 4.92. The number of amides is 2. The Kier molecular flexibility index (Phi) is 6.79. The first kappa shape index (κ1) is 21.9. The Morgan fingerprint density at radius 2 is 1.87 bits per heavy atom. The number of nitrogens with zero attached hydrogens (tertiary/aromatic N) is 2. The van der Waals surface area contributed by atoms with E-state index in [0.717, 1.165) is 5.56 Å². The summed E-state index contributed by atoms with van der Waals surface area (Å²) in [6, 6.07) is 6.22. The van der Waals surface area contributed by atoms with Crippen LogP contribution in [-0.2, 0) is 4.79 Å². The summed E-state index contributed by atoms with van der Waals surface area (Å²) in [4.78, 5) is 40.9. The van der Waals surface area contributed by atoms with Gasteiger partial charge in [0.2, 0.25) is 0 Å². The predicted octanol–water partition coefficient (Wildman–Crippen LogP) is 2.93. The fourth-order valence-electron chi connectivity index (χ4n) is 3.36. The minimum absolute atomic E-state index is 0.0595. The topological polar surface area (TPSA) is 120 Å². The van der Waals surface area contributed by atoms with Gasteiger partial charge >= 0.3 is 5.97 Å². The van der Waals surface area contributed by atoms with Gasteiger partial charge in [-0.2, -0.15) is 0 Å². The molecule has 10 heteroatoms. The van der Waals surface area contributed by atoms with Gasteiger partial charge in [-0.1, -0.05) is 23.2 Å². The van der Waals surface area contributed by atoms with E-state index in [9.17, 15) is 19.5 Å². The van der Waals surface area contributed by atoms with Crippen LogP contribution in [0.15, 0.2) is 30.5 Å². The molecule has 1 aromatic heterocycles. The molecular formula is C20H19Cl2N3O5. The van der Waals surface area contributed by atoms with E-state index in [-0.39, 0.29) is 23.3 Å². The summed E-state index contributed by atoms with van der Waals surface area (Å²) in [6.45, 7) is 0.444. The van der Waals surface area contributed by atoms with Crippen LogP contribution in [0.4, 0.5) is 0 Å². The van der Waals surface area contributed by atoms with Gasteiger partial charge in [-0.05, 0) is 48.6 Å². The van der Waals surface area contributed by atoms with Gasteiger partial charge in [0.25, 0.3) is 11.8 Å². The first-order chi connectivity index (χ1) is 14.3. The summed E-state index contributed by atoms with van der Waals surface area (Å²) in [6.07, 6.45) is 2.80. The zero-order chi connectivity index (χ0) is 21.8. The van der Waals surface area contributed by atoms with Crippen molar-refractivity contribution in [1.29, 1.82) is 0 Å². The van der Waals surface area contributed by atoms with Crippen LogP contribution in [0, 0.1) is 0 Å². The first-order valence-electron chi connectivity index (χ1n) is 9.19. The quantitative estimate of drug-likeness (QED) is 0.642. The normalized spacial score (nSPS) is 14.4. The largest absolute Gasteiger partial charge is 0.505 e. The molecule has 1 aliphatic rings. The van der Waals surface area contributed by atoms with E-state index in [1.165, 1.54) is 18.3 Å². The fraction of sp³-hybridized carbons (Fsp3) is 0.300. The summed E-state index contributed by atoms with van der Waals surface area (Å²) in [7, 11) is 0. The van der Waals surface area contributed by atoms with Crippen LogP contribution in [0.25, 0.3) is 0 Å². The van der Waals surface area contributed by atoms with E-state index in [1.807, 2.05) is 0 Å². The van der Waals surface area contributed by atoms with Gasteiger partial charge in [-0.3, -0.25) is 14.4 Å². The van der Waals surface area contributed by atoms with Crippen molar-refractivity contribution in [2.24, 2.45) is 0 Å². The number of carboxylic acids is 1. The van der Waals surface area contributed by atoms with E-state index in [0.29, 0.717) is 41.5 Å². The van der Waals surface area contributed by atoms with E-state index < -0.39 is 18.4 Å². The molecule has 0 radical (unpaired) electrons. The number of aromatic nitrogens is 1. The number of hydrogen-bond donors (Lipinski definition) is 3. The molecule has 0 unspecified atom stereocenters. The van der Waals surface area contributed by atoms with Crippen molar-refractivity contribution in [2.45, 2.75) is 18.8 Å². The summed E-state index contributed by atoms with van der Waals surface area (Å²) < 4.78 is 0. The van der Waals surface area contributed by atoms with Crippen molar-refractivity contribution in [1.82, 2.24) is 15.2 Å². The lowest BCUT2D eigenvalue weighted by Crippen LogP contribution is -2.38. The lowest BCUT2D eigenvalue weighted by Gasteiger charge is -2.32. The van der Waals surface area contributed by atoms with Gasteiger partial charge in [0.05, 0.1) is 10.6 Å². The highest BCUT2D eigenvalue weighted by Crippen LogP contribution is 2.31. The molecular weight excluding hydrogens is 433 g/mol. The van der Waals surface area contributed by atoms with Crippen molar-refractivity contribution >= 4 is 41.0 Å². The maximum atomic E-state index is 12.7. The molecule has 0 atom stereocenters. The second kappa shape index (κ2) is 9.32. The van der Waals surface area contributed by atoms with Crippen molar-refractivity contribution in [3.8, 4) is 5.75 Å². The average Bonchev–Trinajstić information content (AvgIpc) is 2.71. The zero-order valence-corrected chi connectivity index (χ0v) is 17.3. The standard InChI is InChI=1S/C20H19Cl2N3O5/c21-13-1-2-14(15(22)8-13)20(30)25-5-3-11(4-6-25)12-7-16(26)18(23-9-12)19(29)24-10-17(27)28/h1-2,7-9,11,26H,3-6,10H2,(H,24,29)(H,27,28). The van der Waals surface area contributed by atoms with Crippen molar-refractivity contribution < 1.29 is 24.6 Å². The first-order valence-corrected chi connectivity index (χ1v) is 9.95. The van der Waals surface area contributed by atoms with E-state index >= 15 is 0 Å². The van der Waals surface area contributed by atoms with Crippen LogP contribution in [0.5, 0.6) is 5.75 Å². The Hall–Kier alpha value is -2.84. The number of benzene rings is 1. The second-order valence-electron chi connectivity index (χ2n) is 6.90. The molecule has 0 saturated carbocycles. The number of nitrogens with one attached hydrogen (secondary N) is 1. The maximum Gasteiger partial charge on any atom is 0.322 e. The SMILES string of the molecule is O=C(O)CNC(=O)c1ncc(C2CCN(C(=O)c3ccc(Cl)cc3Cl)CC2)cc1O. The van der Waals surface area contributed by atoms with Gasteiger partial charge in [-0.25, -0.2) is 4.98 Å². The van der Waals surface area contributed by atoms with Crippen LogP contribution in [0.2, 0.25) is 10.0 Å². The highest BCUT2D eigenvalue weighted by Gasteiger charge is 2.27. The van der Waals surface area contributed by atoms with Crippen LogP contribution in [0.1, 0.15) is 45.2 Å². The van der Waals surface area contributed by atoms with Crippen molar-refractivity contribution in [3.63, 3.8) is 0 Å². The lowest BCUT2D eigenvalue weighted by molar-refractivity contribution is -0.135. The Morgan fingerprint density at radius 3 is 2.47 bits per heavy atom. The van der Waals surface area contributed by atoms with Crippen molar-refractivity contribution in [2.75, 3.05) is 19.6 Å². The second-order valence-corrected chi connectivity index (χ2v) is 7.75. The minimum atomic E-state index is -1.19. The molecule has 0 bridgehead atoms. The summed E-state index contributed by atoms with van der Waals surface area (Å²) in [5, 5.41) is 21.7. The van der Waals surface area contributed by atoms with Gasteiger partial charge in [0.15, 0.2) is 5.69 Å². The molecule has 0 spiro atoms. The van der Waals surface area contributed by atoms with Crippen LogP contribution < -0.4 is 5.32 Å². The van der Waals surface area contributed by atoms with E-state index in [4.69, 9.17) is 28.3 Å². The number of carbonyl (C=O) groups is 3.